The maximum absolute atomic E-state index is 13.7. The van der Waals surface area contributed by atoms with Crippen LogP contribution in [0.2, 0.25) is 0 Å². The Hall–Kier alpha value is -4.34. The van der Waals surface area contributed by atoms with Crippen molar-refractivity contribution >= 4 is 33.3 Å². The quantitative estimate of drug-likeness (QED) is 0.296. The Kier molecular flexibility index (Phi) is 10.5. The molecule has 0 bridgehead atoms. The number of alkyl halides is 3. The molecule has 4 rings (SSSR count). The van der Waals surface area contributed by atoms with Crippen LogP contribution >= 0.6 is 0 Å². The summed E-state index contributed by atoms with van der Waals surface area (Å²) in [5.41, 5.74) is -0.506. The summed E-state index contributed by atoms with van der Waals surface area (Å²) in [7, 11) is -1.02. The summed E-state index contributed by atoms with van der Waals surface area (Å²) in [4.78, 5) is 27.9. The molecule has 0 aliphatic carbocycles. The third-order valence-electron chi connectivity index (χ3n) is 7.60. The summed E-state index contributed by atoms with van der Waals surface area (Å²) < 4.78 is 77.8. The highest BCUT2D eigenvalue weighted by Crippen LogP contribution is 2.32. The van der Waals surface area contributed by atoms with Crippen LogP contribution in [0, 0.1) is 5.92 Å². The zero-order valence-corrected chi connectivity index (χ0v) is 26.4. The van der Waals surface area contributed by atoms with Gasteiger partial charge in [0.1, 0.15) is 17.6 Å². The second-order valence-electron chi connectivity index (χ2n) is 10.9. The molecule has 11 nitrogen and oxygen atoms in total. The lowest BCUT2D eigenvalue weighted by Crippen LogP contribution is -2.50. The van der Waals surface area contributed by atoms with E-state index in [9.17, 15) is 36.3 Å². The second-order valence-corrected chi connectivity index (χ2v) is 13.0. The van der Waals surface area contributed by atoms with Gasteiger partial charge in [-0.25, -0.2) is 13.2 Å². The number of carbonyl (C=O) groups excluding carboxylic acids is 2. The average Bonchev–Trinajstić information content (AvgIpc) is 3.02. The number of urea groups is 1. The van der Waals surface area contributed by atoms with E-state index >= 15 is 0 Å². The number of hydrogen-bond acceptors (Lipinski definition) is 7. The van der Waals surface area contributed by atoms with Gasteiger partial charge in [-0.3, -0.25) is 4.79 Å². The van der Waals surface area contributed by atoms with Crippen LogP contribution in [0.25, 0.3) is 0 Å². The predicted octanol–water partition coefficient (Wildman–Crippen LogP) is 4.90. The first-order valence-corrected chi connectivity index (χ1v) is 15.7. The van der Waals surface area contributed by atoms with Crippen LogP contribution < -0.4 is 20.1 Å². The summed E-state index contributed by atoms with van der Waals surface area (Å²) in [6.45, 7) is 3.21. The number of likely N-dealkylation sites (N-methyl/N-ethyl adjacent to an activating group) is 1. The highest BCUT2D eigenvalue weighted by molar-refractivity contribution is 7.89. The lowest BCUT2D eigenvalue weighted by atomic mass is 9.99. The summed E-state index contributed by atoms with van der Waals surface area (Å²) >= 11 is 0. The number of nitrogens with zero attached hydrogens (tertiary/aromatic N) is 2. The summed E-state index contributed by atoms with van der Waals surface area (Å²) in [5, 5.41) is 14.9. The van der Waals surface area contributed by atoms with Crippen molar-refractivity contribution < 1.29 is 45.8 Å². The van der Waals surface area contributed by atoms with E-state index in [2.05, 4.69) is 10.6 Å². The van der Waals surface area contributed by atoms with Crippen molar-refractivity contribution in [3.05, 3.63) is 77.9 Å². The molecule has 1 aliphatic rings. The Morgan fingerprint density at radius 1 is 1.09 bits per heavy atom. The van der Waals surface area contributed by atoms with E-state index in [0.29, 0.717) is 5.75 Å². The van der Waals surface area contributed by atoms with Crippen LogP contribution in [-0.4, -0.2) is 80.7 Å². The molecule has 0 spiro atoms. The minimum absolute atomic E-state index is 0.0604. The lowest BCUT2D eigenvalue weighted by molar-refractivity contribution is -0.137. The van der Waals surface area contributed by atoms with E-state index < -0.39 is 45.8 Å². The molecule has 3 aromatic carbocycles. The molecule has 0 unspecified atom stereocenters. The van der Waals surface area contributed by atoms with Gasteiger partial charge in [-0.15, -0.1) is 0 Å². The molecule has 3 atom stereocenters. The number of anilines is 2. The van der Waals surface area contributed by atoms with Crippen molar-refractivity contribution in [3.8, 4) is 11.5 Å². The highest BCUT2D eigenvalue weighted by Gasteiger charge is 2.35. The third kappa shape index (κ3) is 7.89. The summed E-state index contributed by atoms with van der Waals surface area (Å²) in [6, 6.07) is 12.8. The van der Waals surface area contributed by atoms with Crippen molar-refractivity contribution in [3.63, 3.8) is 0 Å². The largest absolute Gasteiger partial charge is 0.497 e. The Morgan fingerprint density at radius 3 is 2.28 bits per heavy atom. The molecule has 0 aromatic heterocycles. The highest BCUT2D eigenvalue weighted by atomic mass is 32.2. The first kappa shape index (κ1) is 34.5. The van der Waals surface area contributed by atoms with Crippen LogP contribution in [0.15, 0.2) is 71.6 Å². The number of amides is 3. The van der Waals surface area contributed by atoms with E-state index in [0.717, 1.165) is 24.3 Å². The second kappa shape index (κ2) is 14.0. The normalized spacial score (nSPS) is 17.8. The van der Waals surface area contributed by atoms with Crippen molar-refractivity contribution in [1.29, 1.82) is 0 Å². The SMILES string of the molecule is COc1ccc(S(=O)(=O)N(C)C[C@@H]2Oc3ccc(NC(=O)Nc4ccc(C(F)(F)F)cc4)cc3C(=O)N([C@H](C)CO)C[C@H]2C)cc1. The fourth-order valence-electron chi connectivity index (χ4n) is 4.83. The van der Waals surface area contributed by atoms with Crippen LogP contribution in [-0.2, 0) is 16.2 Å². The molecule has 1 heterocycles. The maximum Gasteiger partial charge on any atom is 0.416 e. The van der Waals surface area contributed by atoms with Gasteiger partial charge in [-0.2, -0.15) is 17.5 Å². The van der Waals surface area contributed by atoms with Gasteiger partial charge in [-0.05, 0) is 73.7 Å². The van der Waals surface area contributed by atoms with Gasteiger partial charge in [0.2, 0.25) is 10.0 Å². The molecule has 248 valence electrons. The molecule has 15 heteroatoms. The Labute approximate surface area is 265 Å². The number of ether oxygens (including phenoxy) is 2. The van der Waals surface area contributed by atoms with Crippen molar-refractivity contribution in [2.24, 2.45) is 5.92 Å². The molecule has 3 aromatic rings. The van der Waals surface area contributed by atoms with Crippen molar-refractivity contribution in [1.82, 2.24) is 9.21 Å². The van der Waals surface area contributed by atoms with E-state index in [4.69, 9.17) is 9.47 Å². The molecule has 3 amide bonds. The van der Waals surface area contributed by atoms with Gasteiger partial charge >= 0.3 is 12.2 Å². The minimum atomic E-state index is -4.52. The monoisotopic (exact) mass is 664 g/mol. The number of methoxy groups -OCH3 is 1. The lowest BCUT2D eigenvalue weighted by Gasteiger charge is -2.38. The minimum Gasteiger partial charge on any atom is -0.497 e. The first-order valence-electron chi connectivity index (χ1n) is 14.2. The molecular formula is C31H35F3N4O7S. The number of aliphatic hydroxyl groups is 1. The van der Waals surface area contributed by atoms with Gasteiger partial charge in [-0.1, -0.05) is 6.92 Å². The van der Waals surface area contributed by atoms with Crippen molar-refractivity contribution in [2.75, 3.05) is 44.5 Å². The third-order valence-corrected chi connectivity index (χ3v) is 9.44. The number of fused-ring (bicyclic) bond motifs is 1. The zero-order chi connectivity index (χ0) is 33.8. The molecule has 3 N–H and O–H groups in total. The fraction of sp³-hybridized carbons (Fsp3) is 0.355. The number of aliphatic hydroxyl groups excluding tert-OH is 1. The van der Waals surface area contributed by atoms with E-state index in [1.54, 1.807) is 19.1 Å². The van der Waals surface area contributed by atoms with Crippen molar-refractivity contribution in [2.45, 2.75) is 37.1 Å². The number of sulfonamides is 1. The molecule has 46 heavy (non-hydrogen) atoms. The van der Waals surface area contributed by atoms with Gasteiger partial charge in [0.15, 0.2) is 0 Å². The zero-order valence-electron chi connectivity index (χ0n) is 25.5. The molecule has 0 saturated carbocycles. The average molecular weight is 665 g/mol. The van der Waals surface area contributed by atoms with E-state index in [-0.39, 0.29) is 53.2 Å². The van der Waals surface area contributed by atoms with Crippen LogP contribution in [0.1, 0.15) is 29.8 Å². The fourth-order valence-corrected chi connectivity index (χ4v) is 6.02. The van der Waals surface area contributed by atoms with Gasteiger partial charge < -0.3 is 30.1 Å². The van der Waals surface area contributed by atoms with E-state index in [1.165, 1.54) is 53.7 Å². The Balaban J connectivity index is 1.58. The predicted molar refractivity (Wildman–Crippen MR) is 165 cm³/mol. The van der Waals surface area contributed by atoms with E-state index in [1.807, 2.05) is 6.92 Å². The van der Waals surface area contributed by atoms with Gasteiger partial charge in [0.05, 0.1) is 42.3 Å². The van der Waals surface area contributed by atoms with Gasteiger partial charge in [0, 0.05) is 30.9 Å². The number of rotatable bonds is 9. The maximum atomic E-state index is 13.7. The standard InChI is InChI=1S/C31H35F3N4O7S/c1-19-16-38(20(2)18-39)29(40)26-15-23(36-30(41)35-22-7-5-21(6-8-22)31(32,33)34)9-14-27(26)45-28(19)17-37(3)46(42,43)25-12-10-24(44-4)11-13-25/h5-15,19-20,28,39H,16-18H2,1-4H3,(H2,35,36,41)/t19-,20-,28+/m1/s1. The summed E-state index contributed by atoms with van der Waals surface area (Å²) in [5.74, 6) is -0.204. The van der Waals surface area contributed by atoms with Crippen LogP contribution in [0.5, 0.6) is 11.5 Å². The Morgan fingerprint density at radius 2 is 1.70 bits per heavy atom. The molecule has 0 saturated heterocycles. The topological polar surface area (TPSA) is 138 Å². The number of carbonyl (C=O) groups is 2. The molecular weight excluding hydrogens is 629 g/mol. The first-order chi connectivity index (χ1) is 21.6. The van der Waals surface area contributed by atoms with Gasteiger partial charge in [0.25, 0.3) is 5.91 Å². The summed E-state index contributed by atoms with van der Waals surface area (Å²) in [6.07, 6.45) is -5.24. The number of benzene rings is 3. The number of nitrogens with one attached hydrogen (secondary N) is 2. The Bertz CT molecular complexity index is 1650. The number of hydrogen-bond donors (Lipinski definition) is 3. The smallest absolute Gasteiger partial charge is 0.416 e. The van der Waals surface area contributed by atoms with Crippen LogP contribution in [0.3, 0.4) is 0 Å². The molecule has 0 fully saturated rings. The van der Waals surface area contributed by atoms with Crippen LogP contribution in [0.4, 0.5) is 29.3 Å². The number of halogens is 3. The molecule has 1 aliphatic heterocycles. The molecule has 0 radical (unpaired) electrons.